The summed E-state index contributed by atoms with van der Waals surface area (Å²) >= 11 is 1.51. The van der Waals surface area contributed by atoms with Crippen LogP contribution >= 0.6 is 11.8 Å². The quantitative estimate of drug-likeness (QED) is 0.112. The first-order valence-corrected chi connectivity index (χ1v) is 19.4. The van der Waals surface area contributed by atoms with E-state index in [9.17, 15) is 19.8 Å². The van der Waals surface area contributed by atoms with Crippen molar-refractivity contribution in [3.05, 3.63) is 47.0 Å². The number of carbonyl (C=O) groups is 2. The van der Waals surface area contributed by atoms with Gasteiger partial charge in [0.25, 0.3) is 0 Å². The molecule has 0 amide bonds. The van der Waals surface area contributed by atoms with Crippen LogP contribution in [-0.4, -0.2) is 83.4 Å². The molecule has 0 spiro atoms. The van der Waals surface area contributed by atoms with Gasteiger partial charge in [0, 0.05) is 61.8 Å². The molecular formula is C40H60AcO9S. The molecule has 9 atom stereocenters. The molecule has 2 saturated carbocycles. The monoisotopic (exact) mass is 943 g/mol. The smallest absolute Gasteiger partial charge is 0.338 e. The molecule has 11 heteroatoms. The number of aliphatic hydroxyl groups is 2. The van der Waals surface area contributed by atoms with E-state index in [1.807, 2.05) is 46.9 Å². The first-order chi connectivity index (χ1) is 23.1. The number of hydrogen-bond donors (Lipinski definition) is 2. The average molecular weight is 944 g/mol. The van der Waals surface area contributed by atoms with E-state index in [1.54, 1.807) is 24.3 Å². The van der Waals surface area contributed by atoms with Crippen molar-refractivity contribution >= 4 is 23.7 Å². The molecule has 0 aromatic heterocycles. The van der Waals surface area contributed by atoms with Gasteiger partial charge in [-0.05, 0) is 65.4 Å². The molecule has 4 aliphatic rings. The predicted molar refractivity (Wildman–Crippen MR) is 193 cm³/mol. The van der Waals surface area contributed by atoms with E-state index in [4.69, 9.17) is 23.7 Å². The molecule has 3 aliphatic carbocycles. The third-order valence-electron chi connectivity index (χ3n) is 14.0. The van der Waals surface area contributed by atoms with Crippen molar-refractivity contribution < 1.29 is 87.5 Å². The number of benzene rings is 1. The van der Waals surface area contributed by atoms with Gasteiger partial charge in [-0.2, -0.15) is 0 Å². The number of fused-ring (bicyclic) bond motifs is 5. The number of hydrogen-bond acceptors (Lipinski definition) is 10. The van der Waals surface area contributed by atoms with Gasteiger partial charge in [0.15, 0.2) is 6.10 Å². The first-order valence-electron chi connectivity index (χ1n) is 18.1. The van der Waals surface area contributed by atoms with E-state index in [0.29, 0.717) is 17.9 Å². The van der Waals surface area contributed by atoms with Crippen LogP contribution < -0.4 is 0 Å². The Hall–Kier alpha value is -0.508. The van der Waals surface area contributed by atoms with Crippen molar-refractivity contribution in [1.82, 2.24) is 0 Å². The topological polar surface area (TPSA) is 121 Å². The van der Waals surface area contributed by atoms with Crippen molar-refractivity contribution in [2.24, 2.45) is 39.4 Å². The van der Waals surface area contributed by atoms with Gasteiger partial charge < -0.3 is 33.9 Å². The van der Waals surface area contributed by atoms with Crippen LogP contribution in [0.2, 0.25) is 0 Å². The molecule has 3 fully saturated rings. The molecule has 283 valence electrons. The van der Waals surface area contributed by atoms with Gasteiger partial charge in [-0.3, -0.25) is 0 Å². The number of carbonyl (C=O) groups excluding carboxylic acids is 2. The third-order valence-corrected chi connectivity index (χ3v) is 14.4. The summed E-state index contributed by atoms with van der Waals surface area (Å²) in [5, 5.41) is 26.3. The van der Waals surface area contributed by atoms with Crippen LogP contribution in [0.5, 0.6) is 0 Å². The van der Waals surface area contributed by atoms with E-state index in [-0.39, 0.29) is 75.7 Å². The van der Waals surface area contributed by atoms with Crippen LogP contribution in [0.1, 0.15) is 99.4 Å². The number of thioether (sulfide) groups is 1. The molecule has 2 N–H and O–H groups in total. The van der Waals surface area contributed by atoms with E-state index >= 15 is 0 Å². The maximum atomic E-state index is 14.2. The van der Waals surface area contributed by atoms with Gasteiger partial charge in [0.05, 0.1) is 24.2 Å². The summed E-state index contributed by atoms with van der Waals surface area (Å²) < 4.78 is 30.4. The van der Waals surface area contributed by atoms with E-state index in [1.165, 1.54) is 11.8 Å². The van der Waals surface area contributed by atoms with Crippen LogP contribution in [0.25, 0.3) is 0 Å². The zero-order chi connectivity index (χ0) is 37.2. The Bertz CT molecular complexity index is 1480. The van der Waals surface area contributed by atoms with Crippen LogP contribution in [-0.2, 0) is 28.5 Å². The summed E-state index contributed by atoms with van der Waals surface area (Å²) in [4.78, 5) is 28.1. The zero-order valence-electron chi connectivity index (χ0n) is 32.7. The first kappa shape index (κ1) is 43.2. The maximum Gasteiger partial charge on any atom is 0.338 e. The third kappa shape index (κ3) is 6.76. The van der Waals surface area contributed by atoms with E-state index in [0.717, 1.165) is 11.1 Å². The maximum absolute atomic E-state index is 14.2. The molecular weight excluding hydrogens is 883 g/mol. The molecule has 1 heterocycles. The summed E-state index contributed by atoms with van der Waals surface area (Å²) in [5.74, 6) is -1.77. The molecule has 1 aromatic carbocycles. The van der Waals surface area contributed by atoms with Gasteiger partial charge >= 0.3 is 11.9 Å². The van der Waals surface area contributed by atoms with Crippen LogP contribution in [0.15, 0.2) is 41.5 Å². The molecule has 51 heavy (non-hydrogen) atoms. The van der Waals surface area contributed by atoms with Gasteiger partial charge in [0.1, 0.15) is 30.2 Å². The van der Waals surface area contributed by atoms with Crippen LogP contribution in [0, 0.1) is 83.5 Å². The van der Waals surface area contributed by atoms with Crippen molar-refractivity contribution in [3.8, 4) is 0 Å². The standard InChI is InChI=1S/C40H60O9S.Ac/c1-23(2)30(47-21-45-22-50-12)34(42)48-27-18-40(44)32(49-33(41)26-16-14-13-15-17-26)31-38(11,35(5,6)19-28-39(31,43)20-46-28)36(7,8)25(4)29(24(27)3)37(40,9)10;/h13-17,23,25,27-28,30-32,43-44H,18-22H2,1-12H3;/t25-,27?,28?,30?,31?,32?,38+,39+,40?;/m1./s1. The van der Waals surface area contributed by atoms with E-state index in [2.05, 4.69) is 41.5 Å². The molecule has 1 radical (unpaired) electrons. The second-order valence-corrected chi connectivity index (χ2v) is 18.3. The number of rotatable bonds is 10. The minimum absolute atomic E-state index is 0. The molecule has 9 nitrogen and oxygen atoms in total. The molecule has 1 saturated heterocycles. The van der Waals surface area contributed by atoms with Gasteiger partial charge in [-0.1, -0.05) is 93.0 Å². The molecule has 6 unspecified atom stereocenters. The molecule has 1 aliphatic heterocycles. The van der Waals surface area contributed by atoms with Crippen molar-refractivity contribution in [1.29, 1.82) is 0 Å². The van der Waals surface area contributed by atoms with Crippen LogP contribution in [0.4, 0.5) is 0 Å². The van der Waals surface area contributed by atoms with Gasteiger partial charge in [-0.15, -0.1) is 11.8 Å². The average Bonchev–Trinajstić information content (AvgIpc) is 3.04. The summed E-state index contributed by atoms with van der Waals surface area (Å²) in [6, 6.07) is 8.76. The largest absolute Gasteiger partial charge is 0.456 e. The Morgan fingerprint density at radius 3 is 2.18 bits per heavy atom. The van der Waals surface area contributed by atoms with E-state index < -0.39 is 75.1 Å². The molecule has 1 aromatic rings. The summed E-state index contributed by atoms with van der Waals surface area (Å²) in [6.45, 7) is 23.1. The fourth-order valence-electron chi connectivity index (χ4n) is 10.4. The van der Waals surface area contributed by atoms with Gasteiger partial charge in [-0.25, -0.2) is 9.59 Å². The molecule has 5 rings (SSSR count). The number of ether oxygens (including phenoxy) is 5. The Kier molecular flexibility index (Phi) is 12.9. The Balaban J connectivity index is 0.00000583. The summed E-state index contributed by atoms with van der Waals surface area (Å²) in [5.41, 5.74) is -3.52. The fraction of sp³-hybridized carbons (Fsp3) is 0.750. The summed E-state index contributed by atoms with van der Waals surface area (Å²) in [7, 11) is 0. The zero-order valence-corrected chi connectivity index (χ0v) is 38.3. The van der Waals surface area contributed by atoms with Crippen molar-refractivity contribution in [3.63, 3.8) is 0 Å². The second kappa shape index (κ2) is 15.2. The number of esters is 2. The van der Waals surface area contributed by atoms with Crippen LogP contribution in [0.3, 0.4) is 0 Å². The van der Waals surface area contributed by atoms with Crippen molar-refractivity contribution in [2.75, 3.05) is 25.6 Å². The minimum Gasteiger partial charge on any atom is -0.456 e. The Morgan fingerprint density at radius 2 is 1.63 bits per heavy atom. The Morgan fingerprint density at radius 1 is 1.00 bits per heavy atom. The fourth-order valence-corrected chi connectivity index (χ4v) is 10.6. The normalized spacial score (nSPS) is 36.6. The second-order valence-electron chi connectivity index (χ2n) is 17.5. The van der Waals surface area contributed by atoms with Crippen molar-refractivity contribution in [2.45, 2.75) is 125 Å². The molecule has 2 bridgehead atoms. The Labute approximate surface area is 345 Å². The predicted octanol–water partition coefficient (Wildman–Crippen LogP) is 6.80. The summed E-state index contributed by atoms with van der Waals surface area (Å²) in [6.07, 6.45) is -0.918. The SMILES string of the molecule is CSCOCOC(C(=O)OC1CC2(O)C(OC(=O)c3ccccc3)C3[C@]4(O)COC4CC(C)(C)[C@@]3(C)C(C)(C)[C@H](C)C(=C1C)C2(C)C)C(C)C.[Ac]. The van der Waals surface area contributed by atoms with Gasteiger partial charge in [0.2, 0.25) is 0 Å². The minimum atomic E-state index is -1.77.